The molecule has 0 spiro atoms. The van der Waals surface area contributed by atoms with Crippen LogP contribution in [0.2, 0.25) is 20.1 Å². The summed E-state index contributed by atoms with van der Waals surface area (Å²) in [6.07, 6.45) is 0. The van der Waals surface area contributed by atoms with Gasteiger partial charge in [-0.3, -0.25) is 0 Å². The Hall–Kier alpha value is -4.30. The molecule has 4 heteroatoms. The molecule has 0 atom stereocenters. The summed E-state index contributed by atoms with van der Waals surface area (Å²) in [5, 5.41) is 9.77. The van der Waals surface area contributed by atoms with Gasteiger partial charge in [-0.15, -0.1) is 0 Å². The molecule has 220 valence electrons. The van der Waals surface area contributed by atoms with Crippen molar-refractivity contribution in [3.05, 3.63) is 166 Å². The Morgan fingerprint density at radius 2 is 0.543 bits per heavy atom. The normalized spacial score (nSPS) is 11.5. The quantitative estimate of drug-likeness (QED) is 0.164. The molecule has 8 aromatic rings. The van der Waals surface area contributed by atoms with Crippen LogP contribution in [0.25, 0.3) is 76.8 Å². The highest BCUT2D eigenvalue weighted by Gasteiger charge is 2.24. The van der Waals surface area contributed by atoms with Crippen molar-refractivity contribution in [2.24, 2.45) is 0 Å². The molecule has 0 saturated carbocycles. The maximum Gasteiger partial charge on any atom is 0.0406 e. The Morgan fingerprint density at radius 3 is 0.848 bits per heavy atom. The van der Waals surface area contributed by atoms with Crippen molar-refractivity contribution in [1.29, 1.82) is 0 Å². The lowest BCUT2D eigenvalue weighted by molar-refractivity contribution is 1.57. The van der Waals surface area contributed by atoms with E-state index in [2.05, 4.69) is 97.1 Å². The van der Waals surface area contributed by atoms with Gasteiger partial charge in [0.25, 0.3) is 0 Å². The van der Waals surface area contributed by atoms with Gasteiger partial charge in [0.1, 0.15) is 0 Å². The Kier molecular flexibility index (Phi) is 7.48. The van der Waals surface area contributed by atoms with E-state index in [1.807, 2.05) is 48.5 Å². The van der Waals surface area contributed by atoms with Crippen molar-refractivity contribution in [1.82, 2.24) is 0 Å². The van der Waals surface area contributed by atoms with Gasteiger partial charge in [0.2, 0.25) is 0 Å². The maximum absolute atomic E-state index is 6.46. The highest BCUT2D eigenvalue weighted by atomic mass is 35.5. The van der Waals surface area contributed by atoms with E-state index in [1.54, 1.807) is 0 Å². The number of rotatable bonds is 4. The minimum atomic E-state index is 0.682. The SMILES string of the molecule is Clc1ccc(-c2c(-c3ccc(Cl)cc3)c(-c3ccc(Cl)cc3)c3cc4cc5ccccc5cc4cc3c2-c2ccc(Cl)cc2)cc1. The van der Waals surface area contributed by atoms with Crippen molar-refractivity contribution in [3.8, 4) is 44.5 Å². The minimum absolute atomic E-state index is 0.682. The second-order valence-electron chi connectivity index (χ2n) is 11.5. The van der Waals surface area contributed by atoms with E-state index in [0.29, 0.717) is 20.1 Å². The van der Waals surface area contributed by atoms with Crippen molar-refractivity contribution >= 4 is 78.7 Å². The van der Waals surface area contributed by atoms with Gasteiger partial charge in [-0.25, -0.2) is 0 Å². The maximum atomic E-state index is 6.46. The molecule has 0 aliphatic rings. The zero-order valence-electron chi connectivity index (χ0n) is 24.4. The van der Waals surface area contributed by atoms with E-state index < -0.39 is 0 Å². The Labute approximate surface area is 287 Å². The van der Waals surface area contributed by atoms with Gasteiger partial charge in [-0.1, -0.05) is 119 Å². The zero-order valence-corrected chi connectivity index (χ0v) is 27.4. The number of hydrogen-bond acceptors (Lipinski definition) is 0. The molecule has 8 aromatic carbocycles. The van der Waals surface area contributed by atoms with Crippen LogP contribution in [-0.4, -0.2) is 0 Å². The lowest BCUT2D eigenvalue weighted by Gasteiger charge is -2.25. The van der Waals surface area contributed by atoms with E-state index in [0.717, 1.165) is 55.3 Å². The summed E-state index contributed by atoms with van der Waals surface area (Å²) in [6, 6.07) is 50.2. The lowest BCUT2D eigenvalue weighted by Crippen LogP contribution is -1.98. The lowest BCUT2D eigenvalue weighted by atomic mass is 9.78. The van der Waals surface area contributed by atoms with Crippen LogP contribution in [0.1, 0.15) is 0 Å². The second-order valence-corrected chi connectivity index (χ2v) is 13.2. The van der Waals surface area contributed by atoms with Crippen LogP contribution in [-0.2, 0) is 0 Å². The summed E-state index contributed by atoms with van der Waals surface area (Å²) < 4.78 is 0. The third-order valence-corrected chi connectivity index (χ3v) is 9.67. The van der Waals surface area contributed by atoms with Crippen LogP contribution in [0.3, 0.4) is 0 Å². The highest BCUT2D eigenvalue weighted by molar-refractivity contribution is 6.32. The number of halogens is 4. The summed E-state index contributed by atoms with van der Waals surface area (Å²) >= 11 is 25.8. The average molecular weight is 670 g/mol. The van der Waals surface area contributed by atoms with Crippen LogP contribution < -0.4 is 0 Å². The Balaban J connectivity index is 1.65. The first-order valence-corrected chi connectivity index (χ1v) is 16.4. The van der Waals surface area contributed by atoms with Crippen molar-refractivity contribution in [3.63, 3.8) is 0 Å². The summed E-state index contributed by atoms with van der Waals surface area (Å²) in [4.78, 5) is 0. The molecular formula is C42H24Cl4. The van der Waals surface area contributed by atoms with E-state index in [-0.39, 0.29) is 0 Å². The molecule has 0 aliphatic heterocycles. The number of benzene rings is 8. The van der Waals surface area contributed by atoms with Gasteiger partial charge in [-0.05, 0) is 150 Å². The van der Waals surface area contributed by atoms with Crippen molar-refractivity contribution in [2.45, 2.75) is 0 Å². The van der Waals surface area contributed by atoms with Gasteiger partial charge in [0.05, 0.1) is 0 Å². The van der Waals surface area contributed by atoms with Crippen LogP contribution in [0.4, 0.5) is 0 Å². The largest absolute Gasteiger partial charge is 0.0843 e. The van der Waals surface area contributed by atoms with Crippen molar-refractivity contribution < 1.29 is 0 Å². The molecule has 0 aliphatic carbocycles. The fourth-order valence-corrected chi connectivity index (χ4v) is 7.07. The van der Waals surface area contributed by atoms with Gasteiger partial charge in [-0.2, -0.15) is 0 Å². The van der Waals surface area contributed by atoms with E-state index >= 15 is 0 Å². The summed E-state index contributed by atoms with van der Waals surface area (Å²) in [7, 11) is 0. The molecule has 8 rings (SSSR count). The van der Waals surface area contributed by atoms with Crippen LogP contribution in [0, 0.1) is 0 Å². The predicted octanol–water partition coefficient (Wildman–Crippen LogP) is 14.4. The van der Waals surface area contributed by atoms with Crippen LogP contribution in [0.15, 0.2) is 146 Å². The molecule has 0 saturated heterocycles. The molecule has 0 nitrogen and oxygen atoms in total. The summed E-state index contributed by atoms with van der Waals surface area (Å²) in [6.45, 7) is 0. The first-order valence-electron chi connectivity index (χ1n) is 14.9. The standard InChI is InChI=1S/C42H24Cl4/c43-33-13-5-25(6-14-33)39-37-23-31-21-29-3-1-2-4-30(29)22-32(31)24-38(37)40(26-7-15-34(44)16-8-26)42(28-11-19-36(46)20-12-28)41(39)27-9-17-35(45)18-10-27/h1-24H. The highest BCUT2D eigenvalue weighted by Crippen LogP contribution is 2.52. The molecule has 0 bridgehead atoms. The summed E-state index contributed by atoms with van der Waals surface area (Å²) in [5.74, 6) is 0. The summed E-state index contributed by atoms with van der Waals surface area (Å²) in [5.41, 5.74) is 8.66. The zero-order chi connectivity index (χ0) is 31.4. The third kappa shape index (κ3) is 5.22. The van der Waals surface area contributed by atoms with Crippen LogP contribution >= 0.6 is 46.4 Å². The number of fused-ring (bicyclic) bond motifs is 3. The monoisotopic (exact) mass is 668 g/mol. The van der Waals surface area contributed by atoms with Crippen LogP contribution in [0.5, 0.6) is 0 Å². The molecule has 0 fully saturated rings. The third-order valence-electron chi connectivity index (χ3n) is 8.66. The Morgan fingerprint density at radius 1 is 0.261 bits per heavy atom. The molecule has 0 amide bonds. The van der Waals surface area contributed by atoms with Crippen molar-refractivity contribution in [2.75, 3.05) is 0 Å². The second kappa shape index (κ2) is 11.8. The van der Waals surface area contributed by atoms with E-state index in [1.165, 1.54) is 21.5 Å². The fourth-order valence-electron chi connectivity index (χ4n) is 6.57. The van der Waals surface area contributed by atoms with Gasteiger partial charge in [0, 0.05) is 20.1 Å². The molecule has 0 radical (unpaired) electrons. The van der Waals surface area contributed by atoms with Gasteiger partial charge in [0.15, 0.2) is 0 Å². The molecular weight excluding hydrogens is 646 g/mol. The molecule has 46 heavy (non-hydrogen) atoms. The van der Waals surface area contributed by atoms with E-state index in [9.17, 15) is 0 Å². The van der Waals surface area contributed by atoms with E-state index in [4.69, 9.17) is 46.4 Å². The smallest absolute Gasteiger partial charge is 0.0406 e. The fraction of sp³-hybridized carbons (Fsp3) is 0. The topological polar surface area (TPSA) is 0 Å². The predicted molar refractivity (Wildman–Crippen MR) is 201 cm³/mol. The Bertz CT molecular complexity index is 2240. The molecule has 0 unspecified atom stereocenters. The average Bonchev–Trinajstić information content (AvgIpc) is 3.07. The van der Waals surface area contributed by atoms with Gasteiger partial charge >= 0.3 is 0 Å². The molecule has 0 aromatic heterocycles. The number of hydrogen-bond donors (Lipinski definition) is 0. The molecule has 0 N–H and O–H groups in total. The molecule has 0 heterocycles. The first kappa shape index (κ1) is 29.1. The van der Waals surface area contributed by atoms with Gasteiger partial charge < -0.3 is 0 Å². The first-order chi connectivity index (χ1) is 22.4. The minimum Gasteiger partial charge on any atom is -0.0843 e.